The summed E-state index contributed by atoms with van der Waals surface area (Å²) in [5, 5.41) is 0. The van der Waals surface area contributed by atoms with Gasteiger partial charge in [-0.05, 0) is 26.8 Å². The molecule has 0 spiro atoms. The van der Waals surface area contributed by atoms with Crippen molar-refractivity contribution in [1.29, 1.82) is 0 Å². The van der Waals surface area contributed by atoms with Crippen LogP contribution in [0.4, 0.5) is 4.79 Å². The number of rotatable bonds is 6. The van der Waals surface area contributed by atoms with E-state index in [2.05, 4.69) is 9.88 Å². The van der Waals surface area contributed by atoms with Gasteiger partial charge < -0.3 is 14.4 Å². The molecular formula is C20H34ClN7O3. The Morgan fingerprint density at radius 1 is 0.968 bits per heavy atom. The molecule has 0 radical (unpaired) electrons. The first-order valence-corrected chi connectivity index (χ1v) is 10.7. The van der Waals surface area contributed by atoms with Crippen molar-refractivity contribution in [3.63, 3.8) is 0 Å². The van der Waals surface area contributed by atoms with Gasteiger partial charge in [-0.3, -0.25) is 18.8 Å². The smallest absolute Gasteiger partial charge is 0.325 e. The number of aryl methyl sites for hydroxylation is 3. The molecule has 2 aromatic heterocycles. The maximum atomic E-state index is 12.5. The highest BCUT2D eigenvalue weighted by atomic mass is 35.5. The van der Waals surface area contributed by atoms with Crippen LogP contribution in [0.15, 0.2) is 9.59 Å². The monoisotopic (exact) mass is 455 g/mol. The van der Waals surface area contributed by atoms with Gasteiger partial charge in [-0.2, -0.15) is 0 Å². The summed E-state index contributed by atoms with van der Waals surface area (Å²) >= 11 is 0. The van der Waals surface area contributed by atoms with Crippen LogP contribution in [0.3, 0.4) is 0 Å². The van der Waals surface area contributed by atoms with Gasteiger partial charge in [-0.25, -0.2) is 14.6 Å². The van der Waals surface area contributed by atoms with Gasteiger partial charge in [0.2, 0.25) is 0 Å². The summed E-state index contributed by atoms with van der Waals surface area (Å²) in [5.41, 5.74) is 0.208. The van der Waals surface area contributed by atoms with Crippen LogP contribution in [-0.2, 0) is 27.6 Å². The van der Waals surface area contributed by atoms with Gasteiger partial charge in [0.05, 0.1) is 0 Å². The summed E-state index contributed by atoms with van der Waals surface area (Å²) in [7, 11) is 4.95. The molecule has 0 bridgehead atoms. The lowest BCUT2D eigenvalue weighted by molar-refractivity contribution is 0.114. The average Bonchev–Trinajstić information content (AvgIpc) is 3.08. The molecule has 174 valence electrons. The van der Waals surface area contributed by atoms with Crippen molar-refractivity contribution in [2.45, 2.75) is 26.7 Å². The minimum Gasteiger partial charge on any atom is -0.325 e. The van der Waals surface area contributed by atoms with Crippen molar-refractivity contribution < 1.29 is 4.79 Å². The zero-order chi connectivity index (χ0) is 22.0. The van der Waals surface area contributed by atoms with E-state index >= 15 is 0 Å². The zero-order valence-corrected chi connectivity index (χ0v) is 19.9. The maximum Gasteiger partial charge on any atom is 0.332 e. The molecule has 2 aromatic rings. The minimum atomic E-state index is -0.366. The molecule has 0 unspecified atom stereocenters. The molecule has 0 saturated carbocycles. The van der Waals surface area contributed by atoms with E-state index in [1.165, 1.54) is 11.6 Å². The van der Waals surface area contributed by atoms with Gasteiger partial charge in [-0.1, -0.05) is 0 Å². The molecule has 31 heavy (non-hydrogen) atoms. The van der Waals surface area contributed by atoms with Crippen LogP contribution in [0.5, 0.6) is 0 Å². The summed E-state index contributed by atoms with van der Waals surface area (Å²) in [6.45, 7) is 9.63. The highest BCUT2D eigenvalue weighted by Crippen LogP contribution is 2.12. The van der Waals surface area contributed by atoms with E-state index in [0.29, 0.717) is 11.2 Å². The Labute approximate surface area is 188 Å². The molecule has 0 aliphatic carbocycles. The fraction of sp³-hybridized carbons (Fsp3) is 0.700. The number of urea groups is 1. The average molecular weight is 456 g/mol. The van der Waals surface area contributed by atoms with Crippen LogP contribution in [-0.4, -0.2) is 85.2 Å². The lowest BCUT2D eigenvalue weighted by Gasteiger charge is -2.37. The second kappa shape index (κ2) is 10.3. The van der Waals surface area contributed by atoms with Crippen LogP contribution >= 0.6 is 12.4 Å². The van der Waals surface area contributed by atoms with E-state index in [1.54, 1.807) is 11.6 Å². The third-order valence-electron chi connectivity index (χ3n) is 6.12. The van der Waals surface area contributed by atoms with E-state index in [1.807, 2.05) is 30.7 Å². The van der Waals surface area contributed by atoms with Crippen LogP contribution < -0.4 is 11.2 Å². The van der Waals surface area contributed by atoms with Crippen molar-refractivity contribution in [2.75, 3.05) is 45.8 Å². The second-order valence-corrected chi connectivity index (χ2v) is 7.85. The predicted octanol–water partition coefficient (Wildman–Crippen LogP) is 0.405. The fourth-order valence-electron chi connectivity index (χ4n) is 4.10. The summed E-state index contributed by atoms with van der Waals surface area (Å²) in [6, 6.07) is 0.131. The van der Waals surface area contributed by atoms with Crippen molar-refractivity contribution >= 4 is 29.6 Å². The second-order valence-electron chi connectivity index (χ2n) is 7.85. The Bertz CT molecular complexity index is 1030. The van der Waals surface area contributed by atoms with E-state index < -0.39 is 0 Å². The number of aromatic nitrogens is 4. The molecular weight excluding hydrogens is 422 g/mol. The largest absolute Gasteiger partial charge is 0.332 e. The molecule has 1 aliphatic heterocycles. The summed E-state index contributed by atoms with van der Waals surface area (Å²) in [5.74, 6) is 0.804. The van der Waals surface area contributed by atoms with Crippen molar-refractivity contribution in [2.24, 2.45) is 21.1 Å². The number of carbonyl (C=O) groups excluding carboxylic acids is 1. The molecule has 1 saturated heterocycles. The van der Waals surface area contributed by atoms with Crippen LogP contribution in [0, 0.1) is 0 Å². The third-order valence-corrected chi connectivity index (χ3v) is 6.12. The van der Waals surface area contributed by atoms with Gasteiger partial charge in [0.15, 0.2) is 11.2 Å². The first-order chi connectivity index (χ1) is 14.3. The zero-order valence-electron chi connectivity index (χ0n) is 19.1. The number of imidazole rings is 1. The summed E-state index contributed by atoms with van der Waals surface area (Å²) in [6.07, 6.45) is 1.62. The Kier molecular flexibility index (Phi) is 8.30. The summed E-state index contributed by atoms with van der Waals surface area (Å²) in [4.78, 5) is 47.8. The lowest BCUT2D eigenvalue weighted by atomic mass is 10.2. The van der Waals surface area contributed by atoms with Gasteiger partial charge in [0, 0.05) is 66.8 Å². The number of halogens is 1. The van der Waals surface area contributed by atoms with E-state index in [4.69, 9.17) is 0 Å². The van der Waals surface area contributed by atoms with E-state index in [-0.39, 0.29) is 29.7 Å². The number of hydrogen-bond acceptors (Lipinski definition) is 5. The van der Waals surface area contributed by atoms with Crippen LogP contribution in [0.2, 0.25) is 0 Å². The Balaban J connectivity index is 0.00000341. The Morgan fingerprint density at radius 2 is 1.58 bits per heavy atom. The van der Waals surface area contributed by atoms with E-state index in [9.17, 15) is 14.4 Å². The molecule has 3 rings (SSSR count). The molecule has 11 heteroatoms. The van der Waals surface area contributed by atoms with Gasteiger partial charge in [0.25, 0.3) is 5.56 Å². The number of amides is 2. The standard InChI is InChI=1S/C20H33N7O3.ClH/c1-6-26(7-2)20(30)27-13-11-25(12-14-27)10-8-9-15-21-17-16(22(15)3)18(28)24(5)19(29)23(17)4;/h6-14H2,1-5H3;1H. The van der Waals surface area contributed by atoms with E-state index in [0.717, 1.165) is 69.0 Å². The molecule has 10 nitrogen and oxygen atoms in total. The lowest BCUT2D eigenvalue weighted by Crippen LogP contribution is -2.52. The first-order valence-electron chi connectivity index (χ1n) is 10.7. The van der Waals surface area contributed by atoms with Crippen LogP contribution in [0.1, 0.15) is 26.1 Å². The van der Waals surface area contributed by atoms with Crippen molar-refractivity contribution in [3.05, 3.63) is 26.7 Å². The normalized spacial score (nSPS) is 14.7. The minimum absolute atomic E-state index is 0. The SMILES string of the molecule is CCN(CC)C(=O)N1CCN(CCCc2nc3c(c(=O)n(C)c(=O)n3C)n2C)CC1.Cl. The topological polar surface area (TPSA) is 88.6 Å². The summed E-state index contributed by atoms with van der Waals surface area (Å²) < 4.78 is 4.34. The fourth-order valence-corrected chi connectivity index (χ4v) is 4.10. The van der Waals surface area contributed by atoms with Crippen molar-refractivity contribution in [1.82, 2.24) is 33.4 Å². The molecule has 0 N–H and O–H groups in total. The van der Waals surface area contributed by atoms with Gasteiger partial charge >= 0.3 is 11.7 Å². The maximum absolute atomic E-state index is 12.5. The molecule has 0 aromatic carbocycles. The molecule has 0 atom stereocenters. The third kappa shape index (κ3) is 4.79. The molecule has 1 aliphatic rings. The number of piperazine rings is 1. The molecule has 1 fully saturated rings. The highest BCUT2D eigenvalue weighted by molar-refractivity contribution is 5.85. The Hall–Kier alpha value is -2.33. The molecule has 3 heterocycles. The predicted molar refractivity (Wildman–Crippen MR) is 123 cm³/mol. The van der Waals surface area contributed by atoms with Gasteiger partial charge in [-0.15, -0.1) is 12.4 Å². The number of fused-ring (bicyclic) bond motifs is 1. The van der Waals surface area contributed by atoms with Crippen molar-refractivity contribution in [3.8, 4) is 0 Å². The molecule has 2 amide bonds. The quantitative estimate of drug-likeness (QED) is 0.629. The Morgan fingerprint density at radius 3 is 2.16 bits per heavy atom. The highest BCUT2D eigenvalue weighted by Gasteiger charge is 2.24. The van der Waals surface area contributed by atoms with Crippen LogP contribution in [0.25, 0.3) is 11.2 Å². The number of hydrogen-bond donors (Lipinski definition) is 0. The number of carbonyl (C=O) groups is 1. The van der Waals surface area contributed by atoms with Gasteiger partial charge in [0.1, 0.15) is 5.82 Å². The number of nitrogens with zero attached hydrogens (tertiary/aromatic N) is 7. The first kappa shape index (κ1) is 24.9.